The van der Waals surface area contributed by atoms with Crippen LogP contribution in [0.4, 0.5) is 5.00 Å². The maximum atomic E-state index is 12.3. The second-order valence-corrected chi connectivity index (χ2v) is 7.50. The van der Waals surface area contributed by atoms with E-state index in [1.165, 1.54) is 16.9 Å². The van der Waals surface area contributed by atoms with Crippen molar-refractivity contribution >= 4 is 28.2 Å². The summed E-state index contributed by atoms with van der Waals surface area (Å²) in [5, 5.41) is 3.38. The molecule has 1 heterocycles. The van der Waals surface area contributed by atoms with Gasteiger partial charge in [-0.1, -0.05) is 48.5 Å². The Labute approximate surface area is 174 Å². The van der Waals surface area contributed by atoms with Crippen LogP contribution >= 0.6 is 11.3 Å². The van der Waals surface area contributed by atoms with Crippen LogP contribution in [0.1, 0.15) is 33.3 Å². The molecular formula is C23H23NO4S. The summed E-state index contributed by atoms with van der Waals surface area (Å²) in [7, 11) is 0. The van der Waals surface area contributed by atoms with Crippen LogP contribution in [0.2, 0.25) is 0 Å². The molecule has 0 aliphatic heterocycles. The number of esters is 1. The lowest BCUT2D eigenvalue weighted by Crippen LogP contribution is -2.20. The third-order valence-corrected chi connectivity index (χ3v) is 5.34. The molecule has 0 fully saturated rings. The standard InChI is InChI=1S/C23H23NO4S/c1-3-27-23(26)22-16(2)13-21(29-22)24-20(25)15-28-19-12-8-7-11-18(19)14-17-9-5-4-6-10-17/h4-13H,3,14-15H2,1-2H3,(H,24,25). The highest BCUT2D eigenvalue weighted by molar-refractivity contribution is 7.18. The van der Waals surface area contributed by atoms with Crippen LogP contribution in [0.15, 0.2) is 60.7 Å². The van der Waals surface area contributed by atoms with Gasteiger partial charge in [-0.2, -0.15) is 0 Å². The molecule has 0 aliphatic carbocycles. The first-order valence-electron chi connectivity index (χ1n) is 9.39. The number of rotatable bonds is 8. The molecule has 3 aromatic rings. The molecule has 1 N–H and O–H groups in total. The third kappa shape index (κ3) is 5.68. The highest BCUT2D eigenvalue weighted by Crippen LogP contribution is 2.27. The minimum atomic E-state index is -0.374. The maximum absolute atomic E-state index is 12.3. The van der Waals surface area contributed by atoms with Crippen LogP contribution in [0, 0.1) is 6.92 Å². The molecule has 6 heteroatoms. The van der Waals surface area contributed by atoms with Crippen LogP contribution in [-0.4, -0.2) is 25.1 Å². The van der Waals surface area contributed by atoms with Gasteiger partial charge in [0.05, 0.1) is 11.6 Å². The van der Waals surface area contributed by atoms with Crippen molar-refractivity contribution < 1.29 is 19.1 Å². The molecule has 5 nitrogen and oxygen atoms in total. The molecule has 0 aliphatic rings. The maximum Gasteiger partial charge on any atom is 0.348 e. The van der Waals surface area contributed by atoms with Crippen molar-refractivity contribution in [3.63, 3.8) is 0 Å². The van der Waals surface area contributed by atoms with Gasteiger partial charge < -0.3 is 14.8 Å². The number of carbonyl (C=O) groups excluding carboxylic acids is 2. The molecule has 0 saturated heterocycles. The fraction of sp³-hybridized carbons (Fsp3) is 0.217. The zero-order chi connectivity index (χ0) is 20.6. The molecule has 0 bridgehead atoms. The average Bonchev–Trinajstić information content (AvgIpc) is 3.08. The lowest BCUT2D eigenvalue weighted by Gasteiger charge is -2.11. The molecular weight excluding hydrogens is 386 g/mol. The Morgan fingerprint density at radius 1 is 1.03 bits per heavy atom. The lowest BCUT2D eigenvalue weighted by atomic mass is 10.0. The number of amides is 1. The van der Waals surface area contributed by atoms with Gasteiger partial charge in [-0.3, -0.25) is 4.79 Å². The van der Waals surface area contributed by atoms with E-state index >= 15 is 0 Å². The summed E-state index contributed by atoms with van der Waals surface area (Å²) in [5.41, 5.74) is 2.97. The van der Waals surface area contributed by atoms with Gasteiger partial charge in [0, 0.05) is 6.42 Å². The smallest absolute Gasteiger partial charge is 0.348 e. The molecule has 150 valence electrons. The summed E-state index contributed by atoms with van der Waals surface area (Å²) in [5.74, 6) is 0.0267. The summed E-state index contributed by atoms with van der Waals surface area (Å²) in [6.45, 7) is 3.77. The normalized spacial score (nSPS) is 10.4. The Kier molecular flexibility index (Phi) is 7.03. The number of carbonyl (C=O) groups is 2. The van der Waals surface area contributed by atoms with E-state index in [0.29, 0.717) is 22.2 Å². The highest BCUT2D eigenvalue weighted by Gasteiger charge is 2.16. The van der Waals surface area contributed by atoms with E-state index in [9.17, 15) is 9.59 Å². The zero-order valence-corrected chi connectivity index (χ0v) is 17.3. The van der Waals surface area contributed by atoms with Crippen molar-refractivity contribution in [1.29, 1.82) is 0 Å². The van der Waals surface area contributed by atoms with E-state index < -0.39 is 0 Å². The molecule has 2 aromatic carbocycles. The Morgan fingerprint density at radius 3 is 2.52 bits per heavy atom. The minimum absolute atomic E-state index is 0.114. The summed E-state index contributed by atoms with van der Waals surface area (Å²) < 4.78 is 10.8. The fourth-order valence-corrected chi connectivity index (χ4v) is 3.85. The molecule has 1 amide bonds. The topological polar surface area (TPSA) is 64.6 Å². The van der Waals surface area contributed by atoms with Gasteiger partial charge in [0.1, 0.15) is 10.6 Å². The van der Waals surface area contributed by atoms with Gasteiger partial charge in [-0.25, -0.2) is 4.79 Å². The largest absolute Gasteiger partial charge is 0.483 e. The van der Waals surface area contributed by atoms with Crippen LogP contribution < -0.4 is 10.1 Å². The fourth-order valence-electron chi connectivity index (χ4n) is 2.87. The van der Waals surface area contributed by atoms with Crippen molar-refractivity contribution in [2.45, 2.75) is 20.3 Å². The van der Waals surface area contributed by atoms with Crippen LogP contribution in [0.3, 0.4) is 0 Å². The van der Waals surface area contributed by atoms with Gasteiger partial charge in [0.15, 0.2) is 6.61 Å². The first kappa shape index (κ1) is 20.6. The molecule has 0 spiro atoms. The molecule has 0 radical (unpaired) electrons. The van der Waals surface area contributed by atoms with Crippen molar-refractivity contribution in [3.05, 3.63) is 82.2 Å². The van der Waals surface area contributed by atoms with Crippen molar-refractivity contribution in [2.24, 2.45) is 0 Å². The van der Waals surface area contributed by atoms with Gasteiger partial charge in [0.2, 0.25) is 0 Å². The number of anilines is 1. The molecule has 0 unspecified atom stereocenters. The highest BCUT2D eigenvalue weighted by atomic mass is 32.1. The predicted octanol–water partition coefficient (Wildman–Crippen LogP) is 4.84. The van der Waals surface area contributed by atoms with Crippen LogP contribution in [0.5, 0.6) is 5.75 Å². The van der Waals surface area contributed by atoms with E-state index in [2.05, 4.69) is 17.4 Å². The van der Waals surface area contributed by atoms with E-state index in [1.807, 2.05) is 49.4 Å². The number of hydrogen-bond donors (Lipinski definition) is 1. The molecule has 3 rings (SSSR count). The Balaban J connectivity index is 1.60. The quantitative estimate of drug-likeness (QED) is 0.541. The molecule has 0 saturated carbocycles. The van der Waals surface area contributed by atoms with Crippen molar-refractivity contribution in [1.82, 2.24) is 0 Å². The molecule has 1 aromatic heterocycles. The van der Waals surface area contributed by atoms with Crippen LogP contribution in [0.25, 0.3) is 0 Å². The van der Waals surface area contributed by atoms with E-state index in [-0.39, 0.29) is 18.5 Å². The summed E-state index contributed by atoms with van der Waals surface area (Å²) in [4.78, 5) is 24.7. The second kappa shape index (κ2) is 9.89. The molecule has 29 heavy (non-hydrogen) atoms. The summed E-state index contributed by atoms with van der Waals surface area (Å²) in [6.07, 6.45) is 0.728. The average molecular weight is 410 g/mol. The van der Waals surface area contributed by atoms with E-state index in [1.54, 1.807) is 13.0 Å². The summed E-state index contributed by atoms with van der Waals surface area (Å²) in [6, 6.07) is 19.6. The third-order valence-electron chi connectivity index (χ3n) is 4.21. The Bertz CT molecular complexity index is 982. The van der Waals surface area contributed by atoms with Crippen molar-refractivity contribution in [3.8, 4) is 5.75 Å². The minimum Gasteiger partial charge on any atom is -0.483 e. The number of ether oxygens (including phenoxy) is 2. The van der Waals surface area contributed by atoms with Gasteiger partial charge in [-0.15, -0.1) is 11.3 Å². The van der Waals surface area contributed by atoms with E-state index in [4.69, 9.17) is 9.47 Å². The van der Waals surface area contributed by atoms with Gasteiger partial charge in [0.25, 0.3) is 5.91 Å². The number of benzene rings is 2. The Hall–Kier alpha value is -3.12. The summed E-state index contributed by atoms with van der Waals surface area (Å²) >= 11 is 1.20. The first-order chi connectivity index (χ1) is 14.1. The number of nitrogens with one attached hydrogen (secondary N) is 1. The van der Waals surface area contributed by atoms with Gasteiger partial charge in [-0.05, 0) is 42.7 Å². The Morgan fingerprint density at radius 2 is 1.76 bits per heavy atom. The zero-order valence-electron chi connectivity index (χ0n) is 16.4. The second-order valence-electron chi connectivity index (χ2n) is 6.45. The first-order valence-corrected chi connectivity index (χ1v) is 10.2. The van der Waals surface area contributed by atoms with Gasteiger partial charge >= 0.3 is 5.97 Å². The molecule has 0 atom stereocenters. The van der Waals surface area contributed by atoms with Crippen molar-refractivity contribution in [2.75, 3.05) is 18.5 Å². The predicted molar refractivity (Wildman–Crippen MR) is 115 cm³/mol. The number of hydrogen-bond acceptors (Lipinski definition) is 5. The lowest BCUT2D eigenvalue weighted by molar-refractivity contribution is -0.118. The van der Waals surface area contributed by atoms with E-state index in [0.717, 1.165) is 17.5 Å². The number of para-hydroxylation sites is 1. The SMILES string of the molecule is CCOC(=O)c1sc(NC(=O)COc2ccccc2Cc2ccccc2)cc1C. The number of thiophene rings is 1. The number of aryl methyl sites for hydroxylation is 1. The van der Waals surface area contributed by atoms with Crippen LogP contribution in [-0.2, 0) is 16.0 Å². The monoisotopic (exact) mass is 409 g/mol.